The van der Waals surface area contributed by atoms with E-state index in [1.165, 1.54) is 0 Å². The van der Waals surface area contributed by atoms with Gasteiger partial charge in [0.1, 0.15) is 17.3 Å². The third kappa shape index (κ3) is 3.59. The predicted molar refractivity (Wildman–Crippen MR) is 77.6 cm³/mol. The van der Waals surface area contributed by atoms with E-state index >= 15 is 0 Å². The summed E-state index contributed by atoms with van der Waals surface area (Å²) in [6.45, 7) is 2.88. The van der Waals surface area contributed by atoms with E-state index < -0.39 is 0 Å². The minimum Gasteiger partial charge on any atom is -0.457 e. The van der Waals surface area contributed by atoms with Gasteiger partial charge in [-0.15, -0.1) is 0 Å². The number of aromatic nitrogens is 1. The van der Waals surface area contributed by atoms with Crippen LogP contribution in [0.15, 0.2) is 42.6 Å². The molecule has 88 valence electrons. The van der Waals surface area contributed by atoms with E-state index in [1.807, 2.05) is 43.3 Å². The van der Waals surface area contributed by atoms with Crippen LogP contribution in [0, 0.1) is 3.57 Å². The first-order valence-electron chi connectivity index (χ1n) is 5.41. The molecule has 3 nitrogen and oxygen atoms in total. The second kappa shape index (κ2) is 5.86. The molecule has 0 atom stereocenters. The third-order valence-corrected chi connectivity index (χ3v) is 2.79. The fourth-order valence-corrected chi connectivity index (χ4v) is 1.93. The van der Waals surface area contributed by atoms with E-state index in [0.29, 0.717) is 0 Å². The maximum absolute atomic E-state index is 5.76. The lowest BCUT2D eigenvalue weighted by atomic mass is 10.3. The summed E-state index contributed by atoms with van der Waals surface area (Å²) in [7, 11) is 0. The lowest BCUT2D eigenvalue weighted by Gasteiger charge is -2.07. The third-order valence-electron chi connectivity index (χ3n) is 2.12. The molecule has 0 saturated carbocycles. The van der Waals surface area contributed by atoms with Gasteiger partial charge < -0.3 is 10.1 Å². The van der Waals surface area contributed by atoms with Crippen LogP contribution < -0.4 is 10.1 Å². The SMILES string of the molecule is CCNc1cc(Oc2cccc(I)c2)ccn1. The fraction of sp³-hybridized carbons (Fsp3) is 0.154. The molecule has 0 aliphatic carbocycles. The first kappa shape index (κ1) is 12.2. The van der Waals surface area contributed by atoms with Crippen molar-refractivity contribution in [3.63, 3.8) is 0 Å². The van der Waals surface area contributed by atoms with Gasteiger partial charge in [-0.25, -0.2) is 4.98 Å². The molecule has 0 bridgehead atoms. The molecule has 0 amide bonds. The van der Waals surface area contributed by atoms with Gasteiger partial charge in [-0.05, 0) is 53.8 Å². The number of halogens is 1. The van der Waals surface area contributed by atoms with Crippen molar-refractivity contribution < 1.29 is 4.74 Å². The average Bonchev–Trinajstić information content (AvgIpc) is 2.30. The Morgan fingerprint density at radius 1 is 1.24 bits per heavy atom. The molecule has 1 aromatic heterocycles. The zero-order valence-corrected chi connectivity index (χ0v) is 11.6. The molecule has 2 aromatic rings. The second-order valence-corrected chi connectivity index (χ2v) is 4.71. The highest BCUT2D eigenvalue weighted by molar-refractivity contribution is 14.1. The number of nitrogens with zero attached hydrogens (tertiary/aromatic N) is 1. The van der Waals surface area contributed by atoms with Crippen LogP contribution in [-0.2, 0) is 0 Å². The summed E-state index contributed by atoms with van der Waals surface area (Å²) in [4.78, 5) is 4.20. The highest BCUT2D eigenvalue weighted by Gasteiger charge is 1.99. The lowest BCUT2D eigenvalue weighted by Crippen LogP contribution is -1.98. The molecule has 1 aromatic carbocycles. The number of hydrogen-bond acceptors (Lipinski definition) is 3. The maximum Gasteiger partial charge on any atom is 0.132 e. The summed E-state index contributed by atoms with van der Waals surface area (Å²) in [5, 5.41) is 3.15. The van der Waals surface area contributed by atoms with Crippen molar-refractivity contribution in [3.05, 3.63) is 46.2 Å². The van der Waals surface area contributed by atoms with Crippen molar-refractivity contribution >= 4 is 28.4 Å². The molecule has 4 heteroatoms. The molecule has 2 rings (SSSR count). The highest BCUT2D eigenvalue weighted by Crippen LogP contribution is 2.24. The Kier molecular flexibility index (Phi) is 4.19. The number of rotatable bonds is 4. The minimum atomic E-state index is 0.790. The number of nitrogens with one attached hydrogen (secondary N) is 1. The van der Waals surface area contributed by atoms with Crippen LogP contribution in [0.25, 0.3) is 0 Å². The standard InChI is InChI=1S/C13H13IN2O/c1-2-15-13-9-12(6-7-16-13)17-11-5-3-4-10(14)8-11/h3-9H,2H2,1H3,(H,15,16). The van der Waals surface area contributed by atoms with Crippen molar-refractivity contribution in [2.75, 3.05) is 11.9 Å². The van der Waals surface area contributed by atoms with Gasteiger partial charge >= 0.3 is 0 Å². The molecular weight excluding hydrogens is 327 g/mol. The average molecular weight is 340 g/mol. The number of ether oxygens (including phenoxy) is 1. The van der Waals surface area contributed by atoms with Gasteiger partial charge in [0.2, 0.25) is 0 Å². The molecule has 1 N–H and O–H groups in total. The Morgan fingerprint density at radius 2 is 2.06 bits per heavy atom. The Labute approximate surface area is 114 Å². The van der Waals surface area contributed by atoms with Gasteiger partial charge in [0.15, 0.2) is 0 Å². The monoisotopic (exact) mass is 340 g/mol. The molecule has 0 saturated heterocycles. The molecule has 0 radical (unpaired) electrons. The van der Waals surface area contributed by atoms with E-state index in [9.17, 15) is 0 Å². The Bertz CT molecular complexity index is 502. The van der Waals surface area contributed by atoms with Gasteiger partial charge in [0.05, 0.1) is 0 Å². The van der Waals surface area contributed by atoms with Crippen LogP contribution in [0.2, 0.25) is 0 Å². The first-order valence-corrected chi connectivity index (χ1v) is 6.49. The van der Waals surface area contributed by atoms with Crippen LogP contribution in [-0.4, -0.2) is 11.5 Å². The van der Waals surface area contributed by atoms with Gasteiger partial charge in [-0.3, -0.25) is 0 Å². The van der Waals surface area contributed by atoms with Crippen LogP contribution in [0.5, 0.6) is 11.5 Å². The van der Waals surface area contributed by atoms with E-state index in [0.717, 1.165) is 27.4 Å². The molecule has 1 heterocycles. The highest BCUT2D eigenvalue weighted by atomic mass is 127. The lowest BCUT2D eigenvalue weighted by molar-refractivity contribution is 0.482. The van der Waals surface area contributed by atoms with Crippen LogP contribution >= 0.6 is 22.6 Å². The quantitative estimate of drug-likeness (QED) is 0.857. The van der Waals surface area contributed by atoms with Crippen molar-refractivity contribution in [2.45, 2.75) is 6.92 Å². The van der Waals surface area contributed by atoms with E-state index in [4.69, 9.17) is 4.74 Å². The summed E-state index contributed by atoms with van der Waals surface area (Å²) < 4.78 is 6.92. The summed E-state index contributed by atoms with van der Waals surface area (Å²) in [5.74, 6) is 2.46. The van der Waals surface area contributed by atoms with Crippen LogP contribution in [0.1, 0.15) is 6.92 Å². The molecule has 0 aliphatic rings. The molecular formula is C13H13IN2O. The topological polar surface area (TPSA) is 34.1 Å². The fourth-order valence-electron chi connectivity index (χ4n) is 1.42. The summed E-state index contributed by atoms with van der Waals surface area (Å²) in [6.07, 6.45) is 1.74. The summed E-state index contributed by atoms with van der Waals surface area (Å²) >= 11 is 2.26. The Hall–Kier alpha value is -1.30. The van der Waals surface area contributed by atoms with E-state index in [1.54, 1.807) is 6.20 Å². The maximum atomic E-state index is 5.76. The number of hydrogen-bond donors (Lipinski definition) is 1. The van der Waals surface area contributed by atoms with Gasteiger partial charge in [-0.2, -0.15) is 0 Å². The summed E-state index contributed by atoms with van der Waals surface area (Å²) in [5.41, 5.74) is 0. The van der Waals surface area contributed by atoms with Crippen molar-refractivity contribution in [1.82, 2.24) is 4.98 Å². The van der Waals surface area contributed by atoms with Crippen LogP contribution in [0.4, 0.5) is 5.82 Å². The largest absolute Gasteiger partial charge is 0.457 e. The van der Waals surface area contributed by atoms with E-state index in [2.05, 4.69) is 32.9 Å². The van der Waals surface area contributed by atoms with Crippen LogP contribution in [0.3, 0.4) is 0 Å². The van der Waals surface area contributed by atoms with Gasteiger partial charge in [0, 0.05) is 22.4 Å². The molecule has 17 heavy (non-hydrogen) atoms. The molecule has 0 unspecified atom stereocenters. The van der Waals surface area contributed by atoms with Gasteiger partial charge in [0.25, 0.3) is 0 Å². The Balaban J connectivity index is 2.15. The molecule has 0 aliphatic heterocycles. The number of anilines is 1. The second-order valence-electron chi connectivity index (χ2n) is 3.47. The number of benzene rings is 1. The minimum absolute atomic E-state index is 0.790. The first-order chi connectivity index (χ1) is 8.28. The zero-order chi connectivity index (χ0) is 12.1. The van der Waals surface area contributed by atoms with Crippen molar-refractivity contribution in [2.24, 2.45) is 0 Å². The van der Waals surface area contributed by atoms with Crippen molar-refractivity contribution in [3.8, 4) is 11.5 Å². The molecule has 0 spiro atoms. The van der Waals surface area contributed by atoms with E-state index in [-0.39, 0.29) is 0 Å². The van der Waals surface area contributed by atoms with Crippen molar-refractivity contribution in [1.29, 1.82) is 0 Å². The predicted octanol–water partition coefficient (Wildman–Crippen LogP) is 3.91. The number of pyridine rings is 1. The zero-order valence-electron chi connectivity index (χ0n) is 9.48. The van der Waals surface area contributed by atoms with Gasteiger partial charge in [-0.1, -0.05) is 6.07 Å². The Morgan fingerprint density at radius 3 is 2.82 bits per heavy atom. The summed E-state index contributed by atoms with van der Waals surface area (Å²) in [6, 6.07) is 11.7. The molecule has 0 fully saturated rings. The smallest absolute Gasteiger partial charge is 0.132 e. The normalized spacial score (nSPS) is 10.0.